The standard InChI is InChI=1S/C23H22ClFN2O4/c1-13-12-15(6-7-19(13)30-16-8-10-29-11-9-16)26-23(28)20-14(2)31-27-22(20)21-17(24)4-3-5-18(21)25/h3-7,12,16H,8-11H2,1-2H3,(H,26,28). The molecule has 1 saturated heterocycles. The number of rotatable bonds is 5. The highest BCUT2D eigenvalue weighted by Crippen LogP contribution is 2.34. The summed E-state index contributed by atoms with van der Waals surface area (Å²) < 4.78 is 31.0. The van der Waals surface area contributed by atoms with Gasteiger partial charge in [-0.25, -0.2) is 4.39 Å². The summed E-state index contributed by atoms with van der Waals surface area (Å²) in [6, 6.07) is 9.69. The van der Waals surface area contributed by atoms with Crippen molar-refractivity contribution in [2.24, 2.45) is 0 Å². The number of carbonyl (C=O) groups is 1. The highest BCUT2D eigenvalue weighted by atomic mass is 35.5. The van der Waals surface area contributed by atoms with E-state index in [0.717, 1.165) is 24.2 Å². The SMILES string of the molecule is Cc1cc(NC(=O)c2c(-c3c(F)cccc3Cl)noc2C)ccc1OC1CCOCC1. The molecule has 0 spiro atoms. The fraction of sp³-hybridized carbons (Fsp3) is 0.304. The average Bonchev–Trinajstić information content (AvgIpc) is 3.12. The second-order valence-electron chi connectivity index (χ2n) is 7.42. The van der Waals surface area contributed by atoms with Crippen LogP contribution < -0.4 is 10.1 Å². The van der Waals surface area contributed by atoms with Gasteiger partial charge in [-0.3, -0.25) is 4.79 Å². The number of nitrogens with one attached hydrogen (secondary N) is 1. The molecule has 0 aliphatic carbocycles. The van der Waals surface area contributed by atoms with Crippen LogP contribution in [-0.4, -0.2) is 30.4 Å². The first-order valence-corrected chi connectivity index (χ1v) is 10.4. The summed E-state index contributed by atoms with van der Waals surface area (Å²) in [7, 11) is 0. The van der Waals surface area contributed by atoms with Gasteiger partial charge >= 0.3 is 0 Å². The maximum absolute atomic E-state index is 14.4. The van der Waals surface area contributed by atoms with Gasteiger partial charge in [0.15, 0.2) is 0 Å². The minimum Gasteiger partial charge on any atom is -0.490 e. The van der Waals surface area contributed by atoms with Crippen molar-refractivity contribution in [1.29, 1.82) is 0 Å². The summed E-state index contributed by atoms with van der Waals surface area (Å²) in [5.74, 6) is -0.0150. The minimum atomic E-state index is -0.583. The molecule has 0 radical (unpaired) electrons. The van der Waals surface area contributed by atoms with E-state index in [9.17, 15) is 9.18 Å². The van der Waals surface area contributed by atoms with Gasteiger partial charge in [0.2, 0.25) is 0 Å². The summed E-state index contributed by atoms with van der Waals surface area (Å²) in [4.78, 5) is 13.0. The van der Waals surface area contributed by atoms with Crippen LogP contribution in [0.1, 0.15) is 34.5 Å². The van der Waals surface area contributed by atoms with Gasteiger partial charge in [0.1, 0.15) is 34.7 Å². The van der Waals surface area contributed by atoms with E-state index in [0.29, 0.717) is 18.9 Å². The molecule has 31 heavy (non-hydrogen) atoms. The quantitative estimate of drug-likeness (QED) is 0.557. The zero-order valence-corrected chi connectivity index (χ0v) is 18.0. The number of hydrogen-bond donors (Lipinski definition) is 1. The van der Waals surface area contributed by atoms with Crippen LogP contribution in [0.15, 0.2) is 40.9 Å². The number of aryl methyl sites for hydroxylation is 2. The number of amides is 1. The van der Waals surface area contributed by atoms with Crippen LogP contribution in [0.25, 0.3) is 11.3 Å². The molecule has 1 aliphatic heterocycles. The molecule has 3 aromatic rings. The molecule has 0 saturated carbocycles. The van der Waals surface area contributed by atoms with Crippen LogP contribution in [0.2, 0.25) is 5.02 Å². The van der Waals surface area contributed by atoms with Crippen LogP contribution in [0.5, 0.6) is 5.75 Å². The van der Waals surface area contributed by atoms with E-state index in [1.54, 1.807) is 13.0 Å². The smallest absolute Gasteiger partial charge is 0.261 e. The van der Waals surface area contributed by atoms with Crippen molar-refractivity contribution in [3.8, 4) is 17.0 Å². The molecule has 6 nitrogen and oxygen atoms in total. The monoisotopic (exact) mass is 444 g/mol. The Kier molecular flexibility index (Phi) is 6.25. The molecule has 2 aromatic carbocycles. The van der Waals surface area contributed by atoms with E-state index in [1.807, 2.05) is 19.1 Å². The third-order valence-electron chi connectivity index (χ3n) is 5.18. The third-order valence-corrected chi connectivity index (χ3v) is 5.50. The zero-order valence-electron chi connectivity index (χ0n) is 17.2. The molecule has 1 amide bonds. The fourth-order valence-electron chi connectivity index (χ4n) is 3.56. The molecule has 1 fully saturated rings. The van der Waals surface area contributed by atoms with Gasteiger partial charge < -0.3 is 19.3 Å². The number of ether oxygens (including phenoxy) is 2. The molecule has 0 atom stereocenters. The Hall–Kier alpha value is -2.90. The van der Waals surface area contributed by atoms with E-state index in [4.69, 9.17) is 25.6 Å². The van der Waals surface area contributed by atoms with Gasteiger partial charge in [0.25, 0.3) is 5.91 Å². The highest BCUT2D eigenvalue weighted by molar-refractivity contribution is 6.33. The van der Waals surface area contributed by atoms with E-state index < -0.39 is 11.7 Å². The van der Waals surface area contributed by atoms with E-state index in [-0.39, 0.29) is 33.7 Å². The van der Waals surface area contributed by atoms with Crippen LogP contribution in [0.4, 0.5) is 10.1 Å². The Morgan fingerprint density at radius 2 is 2.00 bits per heavy atom. The first kappa shape index (κ1) is 21.3. The van der Waals surface area contributed by atoms with Crippen LogP contribution in [0, 0.1) is 19.7 Å². The Labute approximate surface area is 184 Å². The normalized spacial score (nSPS) is 14.5. The zero-order chi connectivity index (χ0) is 22.0. The van der Waals surface area contributed by atoms with Crippen molar-refractivity contribution in [3.05, 3.63) is 64.1 Å². The predicted octanol–water partition coefficient (Wildman–Crippen LogP) is 5.56. The molecule has 162 valence electrons. The number of hydrogen-bond acceptors (Lipinski definition) is 5. The van der Waals surface area contributed by atoms with Crippen molar-refractivity contribution in [1.82, 2.24) is 5.16 Å². The molecule has 1 aromatic heterocycles. The summed E-state index contributed by atoms with van der Waals surface area (Å²) in [6.07, 6.45) is 1.83. The fourth-order valence-corrected chi connectivity index (χ4v) is 3.81. The molecule has 2 heterocycles. The van der Waals surface area contributed by atoms with Gasteiger partial charge in [0, 0.05) is 18.5 Å². The summed E-state index contributed by atoms with van der Waals surface area (Å²) in [5.41, 5.74) is 1.70. The Morgan fingerprint density at radius 1 is 1.23 bits per heavy atom. The molecule has 1 aliphatic rings. The third kappa shape index (κ3) is 4.57. The first-order valence-electron chi connectivity index (χ1n) is 10.0. The lowest BCUT2D eigenvalue weighted by atomic mass is 10.0. The number of benzene rings is 2. The first-order chi connectivity index (χ1) is 14.9. The van der Waals surface area contributed by atoms with E-state index >= 15 is 0 Å². The average molecular weight is 445 g/mol. The molecule has 1 N–H and O–H groups in total. The van der Waals surface area contributed by atoms with Crippen LogP contribution in [0.3, 0.4) is 0 Å². The summed E-state index contributed by atoms with van der Waals surface area (Å²) in [5, 5.41) is 6.85. The highest BCUT2D eigenvalue weighted by Gasteiger charge is 2.25. The van der Waals surface area contributed by atoms with E-state index in [1.165, 1.54) is 18.2 Å². The molecule has 0 bridgehead atoms. The van der Waals surface area contributed by atoms with Crippen molar-refractivity contribution >= 4 is 23.2 Å². The molecule has 4 rings (SSSR count). The van der Waals surface area contributed by atoms with Crippen molar-refractivity contribution in [2.45, 2.75) is 32.8 Å². The lowest BCUT2D eigenvalue weighted by molar-refractivity contribution is 0.0253. The maximum atomic E-state index is 14.4. The van der Waals surface area contributed by atoms with Crippen molar-refractivity contribution < 1.29 is 23.2 Å². The largest absolute Gasteiger partial charge is 0.490 e. The number of carbonyl (C=O) groups excluding carboxylic acids is 1. The number of anilines is 1. The Morgan fingerprint density at radius 3 is 2.71 bits per heavy atom. The molecular formula is C23H22ClFN2O4. The summed E-state index contributed by atoms with van der Waals surface area (Å²) >= 11 is 6.15. The van der Waals surface area contributed by atoms with Gasteiger partial charge in [-0.2, -0.15) is 0 Å². The summed E-state index contributed by atoms with van der Waals surface area (Å²) in [6.45, 7) is 4.91. The Bertz CT molecular complexity index is 1090. The van der Waals surface area contributed by atoms with Crippen LogP contribution in [-0.2, 0) is 4.74 Å². The topological polar surface area (TPSA) is 73.6 Å². The second-order valence-corrected chi connectivity index (χ2v) is 7.83. The second kappa shape index (κ2) is 9.08. The maximum Gasteiger partial charge on any atom is 0.261 e. The number of nitrogens with zero attached hydrogens (tertiary/aromatic N) is 1. The van der Waals surface area contributed by atoms with Gasteiger partial charge in [-0.15, -0.1) is 0 Å². The molecular weight excluding hydrogens is 423 g/mol. The van der Waals surface area contributed by atoms with Gasteiger partial charge in [-0.1, -0.05) is 22.8 Å². The Balaban J connectivity index is 1.55. The lowest BCUT2D eigenvalue weighted by Crippen LogP contribution is -2.26. The number of halogens is 2. The van der Waals surface area contributed by atoms with Crippen LogP contribution >= 0.6 is 11.6 Å². The lowest BCUT2D eigenvalue weighted by Gasteiger charge is -2.24. The van der Waals surface area contributed by atoms with Gasteiger partial charge in [-0.05, 0) is 49.7 Å². The predicted molar refractivity (Wildman–Crippen MR) is 115 cm³/mol. The van der Waals surface area contributed by atoms with Crippen molar-refractivity contribution in [2.75, 3.05) is 18.5 Å². The number of aromatic nitrogens is 1. The van der Waals surface area contributed by atoms with Gasteiger partial charge in [0.05, 0.1) is 23.8 Å². The molecule has 8 heteroatoms. The molecule has 0 unspecified atom stereocenters. The van der Waals surface area contributed by atoms with Crippen molar-refractivity contribution in [3.63, 3.8) is 0 Å². The van der Waals surface area contributed by atoms with E-state index in [2.05, 4.69) is 10.5 Å². The minimum absolute atomic E-state index is 0.0301.